The fourth-order valence-corrected chi connectivity index (χ4v) is 2.26. The van der Waals surface area contributed by atoms with E-state index in [1.807, 2.05) is 46.9 Å². The molecule has 0 aliphatic rings. The maximum absolute atomic E-state index is 9.38. The highest BCUT2D eigenvalue weighted by atomic mass is 32.2. The van der Waals surface area contributed by atoms with Gasteiger partial charge in [-0.15, -0.1) is 0 Å². The van der Waals surface area contributed by atoms with Gasteiger partial charge in [-0.2, -0.15) is 11.8 Å². The second-order valence-electron chi connectivity index (χ2n) is 14.3. The van der Waals surface area contributed by atoms with Crippen LogP contribution in [0.15, 0.2) is 0 Å². The molecule has 532 valence electrons. The fourth-order valence-electron chi connectivity index (χ4n) is 2.26. The summed E-state index contributed by atoms with van der Waals surface area (Å²) in [5.41, 5.74) is 0. The highest BCUT2D eigenvalue weighted by Crippen LogP contribution is 1.95. The standard InChI is InChI=1S/C8H20NO2.C7H19N2.C5H14N.2C4H12N2.2C3H9N.C3H8S.22CH4.5CH3/c1-5-11-7-8(10)6-9(2,3)4;1-6-8(2)7-9(3,4)5;1-5-6(2,3)4;2*1-3-6-4-5-2;3*1-3-4-2;;;;;;;;;;;;;;;;;;;;;;;;;;;/h8,10H,5-7H2,1-4H3;6-7H2,1-5H3;5H2,1-4H3;2*5-6H,3-4H2,1-2H3;2*4H,3H2,1-2H3;3H2,1-2H3;22*1H4;5*1H3/q3*+1;;;;;;;;;;;;;;;;;;;;;;;;;;;;5*-1. The maximum atomic E-state index is 9.38. The lowest BCUT2D eigenvalue weighted by molar-refractivity contribution is -0.880. The lowest BCUT2D eigenvalue weighted by Crippen LogP contribution is -2.43. The van der Waals surface area contributed by atoms with E-state index in [-0.39, 0.29) is 207 Å². The van der Waals surface area contributed by atoms with E-state index in [4.69, 9.17) is 4.74 Å². The zero-order valence-corrected chi connectivity index (χ0v) is 44.6. The van der Waals surface area contributed by atoms with E-state index in [1.54, 1.807) is 0 Å². The van der Waals surface area contributed by atoms with Crippen molar-refractivity contribution in [1.29, 1.82) is 0 Å². The molecule has 0 aromatic heterocycles. The molecule has 0 bridgehead atoms. The van der Waals surface area contributed by atoms with Crippen LogP contribution in [0, 0.1) is 37.1 Å². The molecule has 7 N–H and O–H groups in total. The maximum Gasteiger partial charge on any atom is 0.134 e. The number of aliphatic hydroxyl groups excluding tert-OH is 1. The van der Waals surface area contributed by atoms with E-state index in [0.29, 0.717) is 13.2 Å². The van der Waals surface area contributed by atoms with E-state index >= 15 is 0 Å². The Morgan fingerprint density at radius 3 is 0.727 bits per heavy atom. The molecular formula is C64H206N10O2S-2. The molecule has 0 aliphatic carbocycles. The van der Waals surface area contributed by atoms with Gasteiger partial charge in [0.15, 0.2) is 0 Å². The predicted octanol–water partition coefficient (Wildman–Crippen LogP) is 19.0. The number of quaternary nitrogens is 3. The summed E-state index contributed by atoms with van der Waals surface area (Å²) in [5, 5.41) is 27.3. The molecule has 0 saturated heterocycles. The van der Waals surface area contributed by atoms with Gasteiger partial charge in [-0.1, -0.05) is 205 Å². The number of likely N-dealkylation sites (N-methyl/N-ethyl adjacent to an activating group) is 1. The number of aliphatic hydroxyl groups is 1. The second kappa shape index (κ2) is 211. The first-order chi connectivity index (χ1) is 23.0. The molecule has 0 saturated carbocycles. The first-order valence-corrected chi connectivity index (χ1v) is 20.3. The van der Waals surface area contributed by atoms with Crippen molar-refractivity contribution in [3.05, 3.63) is 37.1 Å². The lowest BCUT2D eigenvalue weighted by atomic mass is 10.3. The van der Waals surface area contributed by atoms with Crippen molar-refractivity contribution >= 4 is 11.8 Å². The van der Waals surface area contributed by atoms with Crippen molar-refractivity contribution < 1.29 is 23.3 Å². The van der Waals surface area contributed by atoms with Crippen molar-refractivity contribution in [3.8, 4) is 0 Å². The first-order valence-electron chi connectivity index (χ1n) is 18.9. The molecule has 1 atom stereocenters. The molecule has 0 aliphatic heterocycles. The Labute approximate surface area is 521 Å². The summed E-state index contributed by atoms with van der Waals surface area (Å²) in [7, 11) is 29.1. The molecular weight excluding hydrogens is 973 g/mol. The van der Waals surface area contributed by atoms with Crippen molar-refractivity contribution in [1.82, 2.24) is 36.8 Å². The number of nitrogens with zero attached hydrogens (tertiary/aromatic N) is 4. The Bertz CT molecular complexity index is 498. The number of thioether (sulfide) groups is 1. The number of ether oxygens (including phenoxy) is 1. The molecule has 0 amide bonds. The van der Waals surface area contributed by atoms with E-state index in [1.165, 1.54) is 12.3 Å². The molecule has 0 spiro atoms. The quantitative estimate of drug-likeness (QED) is 0.0311. The zero-order valence-electron chi connectivity index (χ0n) is 43.8. The second-order valence-corrected chi connectivity index (χ2v) is 15.4. The normalized spacial score (nSPS) is 7.13. The van der Waals surface area contributed by atoms with Crippen LogP contribution in [0.3, 0.4) is 0 Å². The van der Waals surface area contributed by atoms with Crippen LogP contribution >= 0.6 is 11.8 Å². The Hall–Kier alpha value is -0.130. The smallest absolute Gasteiger partial charge is 0.134 e. The van der Waals surface area contributed by atoms with Crippen LogP contribution in [0.5, 0.6) is 0 Å². The van der Waals surface area contributed by atoms with Crippen LogP contribution in [-0.2, 0) is 4.74 Å². The molecule has 0 aromatic rings. The van der Waals surface area contributed by atoms with Gasteiger partial charge in [-0.3, -0.25) is 4.90 Å². The lowest BCUT2D eigenvalue weighted by Gasteiger charge is -2.28. The highest BCUT2D eigenvalue weighted by Gasteiger charge is 2.14. The Balaban J connectivity index is -0.00000000768. The summed E-state index contributed by atoms with van der Waals surface area (Å²) in [5.74, 6) is 1.24. The fraction of sp³-hybridized carbons (Fsp3) is 0.922. The summed E-state index contributed by atoms with van der Waals surface area (Å²) < 4.78 is 7.94. The summed E-state index contributed by atoms with van der Waals surface area (Å²) >= 11 is 1.86. The van der Waals surface area contributed by atoms with Gasteiger partial charge >= 0.3 is 0 Å². The molecule has 13 heteroatoms. The van der Waals surface area contributed by atoms with Crippen LogP contribution in [0.1, 0.15) is 219 Å². The minimum Gasteiger partial charge on any atom is -0.385 e. The third kappa shape index (κ3) is 533. The molecule has 0 fully saturated rings. The first kappa shape index (κ1) is 252. The minimum absolute atomic E-state index is 0. The van der Waals surface area contributed by atoms with E-state index < -0.39 is 0 Å². The number of nitrogens with one attached hydrogen (secondary N) is 6. The van der Waals surface area contributed by atoms with Gasteiger partial charge < -0.3 is 92.3 Å². The highest BCUT2D eigenvalue weighted by molar-refractivity contribution is 7.98. The Kier molecular flexibility index (Phi) is 692. The summed E-state index contributed by atoms with van der Waals surface area (Å²) in [6, 6.07) is 0. The number of hydrogen-bond donors (Lipinski definition) is 7. The number of rotatable bonds is 18. The molecule has 0 rings (SSSR count). The van der Waals surface area contributed by atoms with Gasteiger partial charge in [0.2, 0.25) is 0 Å². The molecule has 1 unspecified atom stereocenters. The largest absolute Gasteiger partial charge is 0.385 e. The van der Waals surface area contributed by atoms with Crippen molar-refractivity contribution in [2.75, 3.05) is 190 Å². The third-order valence-electron chi connectivity index (χ3n) is 5.53. The molecule has 77 heavy (non-hydrogen) atoms. The third-order valence-corrected chi connectivity index (χ3v) is 6.10. The topological polar surface area (TPSA) is 105 Å². The minimum atomic E-state index is -0.338. The Morgan fingerprint density at radius 2 is 0.649 bits per heavy atom. The van der Waals surface area contributed by atoms with Crippen molar-refractivity contribution in [3.63, 3.8) is 0 Å². The molecule has 12 nitrogen and oxygen atoms in total. The zero-order chi connectivity index (χ0) is 41.5. The van der Waals surface area contributed by atoms with Gasteiger partial charge in [0.05, 0.1) is 76.6 Å². The van der Waals surface area contributed by atoms with Crippen molar-refractivity contribution in [2.24, 2.45) is 0 Å². The average molecular weight is 1180 g/mol. The SMILES string of the molecule is C.C.C.C.C.C.C.C.C.C.C.C.C.C.C.C.C.C.C.C.C.C.CCN(C)C[N+](C)(C)C.CCNC.CCNC.CCNCNC.CCNCNC.CCOCC(O)C[N+](C)(C)C.CCSC.CC[N+](C)(C)C.[CH3-].[CH3-].[CH3-].[CH3-].[CH3-]. The van der Waals surface area contributed by atoms with E-state index in [2.05, 4.69) is 162 Å². The van der Waals surface area contributed by atoms with Crippen LogP contribution in [0.25, 0.3) is 0 Å². The van der Waals surface area contributed by atoms with Crippen LogP contribution in [0.2, 0.25) is 0 Å². The van der Waals surface area contributed by atoms with Gasteiger partial charge in [0.1, 0.15) is 19.3 Å². The average Bonchev–Trinajstić information content (AvgIpc) is 3.05. The van der Waals surface area contributed by atoms with E-state index in [9.17, 15) is 5.11 Å². The summed E-state index contributed by atoms with van der Waals surface area (Å²) in [6.45, 7) is 28.1. The van der Waals surface area contributed by atoms with Crippen molar-refractivity contribution in [2.45, 2.75) is 225 Å². The van der Waals surface area contributed by atoms with Gasteiger partial charge in [0.25, 0.3) is 0 Å². The Morgan fingerprint density at radius 1 is 0.429 bits per heavy atom. The summed E-state index contributed by atoms with van der Waals surface area (Å²) in [6.07, 6.45) is 1.76. The predicted molar refractivity (Wildman–Crippen MR) is 414 cm³/mol. The molecule has 0 heterocycles. The van der Waals surface area contributed by atoms with Gasteiger partial charge in [0, 0.05) is 26.5 Å². The van der Waals surface area contributed by atoms with Crippen LogP contribution in [0.4, 0.5) is 0 Å². The number of hydrogen-bond acceptors (Lipinski definition) is 10. The van der Waals surface area contributed by atoms with Gasteiger partial charge in [-0.05, 0) is 87.3 Å². The van der Waals surface area contributed by atoms with Gasteiger partial charge in [-0.25, -0.2) is 0 Å². The summed E-state index contributed by atoms with van der Waals surface area (Å²) in [4.78, 5) is 2.31. The van der Waals surface area contributed by atoms with E-state index in [0.717, 1.165) is 72.7 Å². The monoisotopic (exact) mass is 1180 g/mol. The van der Waals surface area contributed by atoms with Crippen LogP contribution in [-0.4, -0.2) is 219 Å². The van der Waals surface area contributed by atoms with Crippen LogP contribution < -0.4 is 31.9 Å². The molecule has 0 aromatic carbocycles. The molecule has 0 radical (unpaired) electrons.